The summed E-state index contributed by atoms with van der Waals surface area (Å²) in [5.41, 5.74) is 1.94. The van der Waals surface area contributed by atoms with Crippen LogP contribution in [0, 0.1) is 18.7 Å². The van der Waals surface area contributed by atoms with E-state index in [0.29, 0.717) is 21.3 Å². The number of aryl methyl sites for hydroxylation is 1. The molecule has 1 saturated heterocycles. The SMILES string of the molecule is Cc1ccc(N2C(=O)C3Sc4c(sc(=O)n4CC(=O)Nc4ccc(F)cc4)[C@H](c4cccs4)C3C2=O)cc1. The maximum absolute atomic E-state index is 13.8. The number of benzene rings is 2. The van der Waals surface area contributed by atoms with Crippen LogP contribution in [0.25, 0.3) is 0 Å². The summed E-state index contributed by atoms with van der Waals surface area (Å²) in [5, 5.41) is 4.38. The minimum absolute atomic E-state index is 0.270. The Bertz CT molecular complexity index is 1610. The molecule has 2 aliphatic rings. The van der Waals surface area contributed by atoms with Crippen LogP contribution in [0.4, 0.5) is 15.8 Å². The Labute approximate surface area is 228 Å². The lowest BCUT2D eigenvalue weighted by atomic mass is 9.87. The van der Waals surface area contributed by atoms with Gasteiger partial charge in [0, 0.05) is 21.4 Å². The van der Waals surface area contributed by atoms with Crippen LogP contribution in [0.1, 0.15) is 21.2 Å². The van der Waals surface area contributed by atoms with Gasteiger partial charge in [-0.25, -0.2) is 9.29 Å². The molecule has 7 nitrogen and oxygen atoms in total. The van der Waals surface area contributed by atoms with E-state index in [0.717, 1.165) is 21.8 Å². The average Bonchev–Trinajstić information content (AvgIpc) is 3.59. The number of imide groups is 1. The number of nitrogens with zero attached hydrogens (tertiary/aromatic N) is 2. The number of fused-ring (bicyclic) bond motifs is 2. The molecule has 6 rings (SSSR count). The summed E-state index contributed by atoms with van der Waals surface area (Å²) >= 11 is 3.65. The summed E-state index contributed by atoms with van der Waals surface area (Å²) in [4.78, 5) is 55.9. The second-order valence-electron chi connectivity index (χ2n) is 9.08. The molecule has 4 heterocycles. The van der Waals surface area contributed by atoms with Crippen LogP contribution < -0.4 is 15.1 Å². The summed E-state index contributed by atoms with van der Waals surface area (Å²) in [6, 6.07) is 16.4. The molecular weight excluding hydrogens is 546 g/mol. The topological polar surface area (TPSA) is 88.5 Å². The van der Waals surface area contributed by atoms with Gasteiger partial charge >= 0.3 is 4.87 Å². The molecule has 2 aliphatic heterocycles. The standard InChI is InChI=1S/C27H20FN3O4S3/c1-14-4-10-17(11-5-14)31-24(33)21-20(18-3-2-12-36-18)23-26(37-22(21)25(31)34)30(27(35)38-23)13-19(32)29-16-8-6-15(28)7-9-16/h2-12,20-22H,13H2,1H3,(H,29,32)/t20-,21?,22?/m1/s1. The maximum atomic E-state index is 13.8. The van der Waals surface area contributed by atoms with Crippen molar-refractivity contribution in [2.24, 2.45) is 5.92 Å². The first-order valence-corrected chi connectivity index (χ1v) is 14.3. The Morgan fingerprint density at radius 1 is 1.00 bits per heavy atom. The van der Waals surface area contributed by atoms with Crippen LogP contribution in [0.5, 0.6) is 0 Å². The average molecular weight is 566 g/mol. The fraction of sp³-hybridized carbons (Fsp3) is 0.185. The van der Waals surface area contributed by atoms with Crippen LogP contribution in [0.15, 0.2) is 75.9 Å². The lowest BCUT2D eigenvalue weighted by Crippen LogP contribution is -2.32. The Hall–Kier alpha value is -3.54. The van der Waals surface area contributed by atoms with Crippen molar-refractivity contribution in [3.05, 3.63) is 96.8 Å². The molecule has 0 saturated carbocycles. The van der Waals surface area contributed by atoms with Gasteiger partial charge in [-0.2, -0.15) is 0 Å². The highest BCUT2D eigenvalue weighted by Crippen LogP contribution is 2.54. The lowest BCUT2D eigenvalue weighted by Gasteiger charge is -2.29. The molecule has 1 fully saturated rings. The molecule has 0 bridgehead atoms. The van der Waals surface area contributed by atoms with Crippen molar-refractivity contribution in [3.8, 4) is 0 Å². The van der Waals surface area contributed by atoms with Gasteiger partial charge in [-0.15, -0.1) is 11.3 Å². The normalized spacial score (nSPS) is 20.4. The van der Waals surface area contributed by atoms with E-state index in [1.165, 1.54) is 56.8 Å². The zero-order valence-electron chi connectivity index (χ0n) is 19.9. The highest BCUT2D eigenvalue weighted by Gasteiger charge is 2.57. The molecule has 1 N–H and O–H groups in total. The number of thiazole rings is 1. The number of thioether (sulfide) groups is 1. The van der Waals surface area contributed by atoms with Crippen LogP contribution in [-0.2, 0) is 20.9 Å². The summed E-state index contributed by atoms with van der Waals surface area (Å²) in [7, 11) is 0. The molecule has 11 heteroatoms. The molecule has 3 amide bonds. The van der Waals surface area contributed by atoms with Crippen LogP contribution in [-0.4, -0.2) is 27.5 Å². The number of thiophene rings is 1. The van der Waals surface area contributed by atoms with E-state index >= 15 is 0 Å². The van der Waals surface area contributed by atoms with Gasteiger partial charge in [-0.05, 0) is 54.8 Å². The van der Waals surface area contributed by atoms with Crippen molar-refractivity contribution >= 4 is 63.5 Å². The molecule has 3 atom stereocenters. The molecule has 2 unspecified atom stereocenters. The van der Waals surface area contributed by atoms with E-state index in [1.54, 1.807) is 12.1 Å². The third kappa shape index (κ3) is 4.20. The van der Waals surface area contributed by atoms with Crippen LogP contribution in [0.3, 0.4) is 0 Å². The molecule has 0 aliphatic carbocycles. The maximum Gasteiger partial charge on any atom is 0.308 e. The largest absolute Gasteiger partial charge is 0.325 e. The number of rotatable bonds is 5. The van der Waals surface area contributed by atoms with Gasteiger partial charge in [-0.3, -0.25) is 23.7 Å². The van der Waals surface area contributed by atoms with Gasteiger partial charge in [0.25, 0.3) is 0 Å². The molecule has 4 aromatic rings. The molecule has 0 radical (unpaired) electrons. The first kappa shape index (κ1) is 24.8. The third-order valence-corrected chi connectivity index (χ3v) is 10.2. The molecule has 0 spiro atoms. The second-order valence-corrected chi connectivity index (χ2v) is 12.2. The number of nitrogens with one attached hydrogen (secondary N) is 1. The quantitative estimate of drug-likeness (QED) is 0.350. The second kappa shape index (κ2) is 9.64. The van der Waals surface area contributed by atoms with E-state index in [4.69, 9.17) is 0 Å². The molecular formula is C27H20FN3O4S3. The highest BCUT2D eigenvalue weighted by molar-refractivity contribution is 8.00. The number of hydrogen-bond acceptors (Lipinski definition) is 7. The zero-order valence-corrected chi connectivity index (χ0v) is 22.4. The van der Waals surface area contributed by atoms with E-state index in [2.05, 4.69) is 5.32 Å². The number of carbonyl (C=O) groups is 3. The number of carbonyl (C=O) groups excluding carboxylic acids is 3. The van der Waals surface area contributed by atoms with Gasteiger partial charge < -0.3 is 5.32 Å². The summed E-state index contributed by atoms with van der Waals surface area (Å²) in [6.07, 6.45) is 0. The Balaban J connectivity index is 1.38. The van der Waals surface area contributed by atoms with Crippen molar-refractivity contribution in [2.75, 3.05) is 10.2 Å². The van der Waals surface area contributed by atoms with E-state index in [-0.39, 0.29) is 23.2 Å². The fourth-order valence-electron chi connectivity index (χ4n) is 4.86. The minimum Gasteiger partial charge on any atom is -0.325 e. The fourth-order valence-corrected chi connectivity index (χ4v) is 8.58. The molecule has 2 aromatic heterocycles. The third-order valence-electron chi connectivity index (χ3n) is 6.62. The van der Waals surface area contributed by atoms with Crippen molar-refractivity contribution in [2.45, 2.75) is 29.7 Å². The smallest absolute Gasteiger partial charge is 0.308 e. The summed E-state index contributed by atoms with van der Waals surface area (Å²) in [5.74, 6) is -2.64. The Morgan fingerprint density at radius 2 is 1.74 bits per heavy atom. The number of hydrogen-bond donors (Lipinski definition) is 1. The number of aromatic nitrogens is 1. The number of anilines is 2. The van der Waals surface area contributed by atoms with Crippen molar-refractivity contribution < 1.29 is 18.8 Å². The zero-order chi connectivity index (χ0) is 26.6. The van der Waals surface area contributed by atoms with Crippen molar-refractivity contribution in [1.82, 2.24) is 4.57 Å². The molecule has 192 valence electrons. The Kier molecular flexibility index (Phi) is 6.29. The predicted molar refractivity (Wildman–Crippen MR) is 147 cm³/mol. The van der Waals surface area contributed by atoms with E-state index in [9.17, 15) is 23.6 Å². The predicted octanol–water partition coefficient (Wildman–Crippen LogP) is 4.85. The number of amides is 3. The minimum atomic E-state index is -0.733. The van der Waals surface area contributed by atoms with Crippen LogP contribution >= 0.6 is 34.4 Å². The van der Waals surface area contributed by atoms with Gasteiger partial charge in [-0.1, -0.05) is 46.9 Å². The van der Waals surface area contributed by atoms with Gasteiger partial charge in [0.2, 0.25) is 17.7 Å². The van der Waals surface area contributed by atoms with Gasteiger partial charge in [0.05, 0.1) is 16.6 Å². The van der Waals surface area contributed by atoms with Crippen molar-refractivity contribution in [1.29, 1.82) is 0 Å². The lowest BCUT2D eigenvalue weighted by molar-refractivity contribution is -0.122. The summed E-state index contributed by atoms with van der Waals surface area (Å²) in [6.45, 7) is 1.66. The number of halogens is 1. The summed E-state index contributed by atoms with van der Waals surface area (Å²) < 4.78 is 14.6. The van der Waals surface area contributed by atoms with Crippen molar-refractivity contribution in [3.63, 3.8) is 0 Å². The first-order valence-electron chi connectivity index (χ1n) is 11.8. The molecule has 38 heavy (non-hydrogen) atoms. The Morgan fingerprint density at radius 3 is 2.42 bits per heavy atom. The first-order chi connectivity index (χ1) is 18.3. The van der Waals surface area contributed by atoms with Crippen LogP contribution in [0.2, 0.25) is 0 Å². The van der Waals surface area contributed by atoms with Gasteiger partial charge in [0.1, 0.15) is 17.6 Å². The monoisotopic (exact) mass is 565 g/mol. The van der Waals surface area contributed by atoms with Gasteiger partial charge in [0.15, 0.2) is 0 Å². The van der Waals surface area contributed by atoms with E-state index < -0.39 is 28.8 Å². The van der Waals surface area contributed by atoms with E-state index in [1.807, 2.05) is 36.6 Å². The highest BCUT2D eigenvalue weighted by atomic mass is 32.2. The molecule has 2 aromatic carbocycles.